The van der Waals surface area contributed by atoms with Gasteiger partial charge in [-0.15, -0.1) is 0 Å². The molecule has 0 saturated carbocycles. The predicted octanol–water partition coefficient (Wildman–Crippen LogP) is 7.49. The van der Waals surface area contributed by atoms with Crippen LogP contribution in [-0.4, -0.2) is 123 Å². The van der Waals surface area contributed by atoms with E-state index >= 15 is 0 Å². The number of carbonyl (C=O) groups excluding carboxylic acids is 1. The number of rotatable bonds is 12. The van der Waals surface area contributed by atoms with Crippen molar-refractivity contribution < 1.29 is 32.3 Å². The Morgan fingerprint density at radius 3 is 2.61 bits per heavy atom. The zero-order valence-electron chi connectivity index (χ0n) is 37.2. The Balaban J connectivity index is 0.880. The number of piperazine rings is 1. The standard InChI is InChI=1S/C48H53ClN8O8S/c1-48(2)12-10-32(41(23-48)30-4-6-33(49)7-5-30)25-54-14-16-55(17-15-54)34-8-9-40(43(20-34)65-37-18-31-11-13-50-46(31)51-24-37)47(58)52-66(61,62)39-21-42(57(59)60)45-44(22-39)64-29-36(53(45)3)26-56-27-38-19-35(56)28-63-38/h4-9,11,13,18,20-22,24,35-36,38H,10,12,14-17,19,23,25-29H2,1-3H3,(H,50,51)(H,52,58)/t35-,36+,38-/m0/s1. The first-order valence-electron chi connectivity index (χ1n) is 22.5. The van der Waals surface area contributed by atoms with Crippen molar-refractivity contribution in [2.45, 2.75) is 62.6 Å². The van der Waals surface area contributed by atoms with Crippen molar-refractivity contribution in [3.05, 3.63) is 111 Å². The summed E-state index contributed by atoms with van der Waals surface area (Å²) in [6.07, 6.45) is 7.63. The molecule has 2 bridgehead atoms. The van der Waals surface area contributed by atoms with Crippen molar-refractivity contribution >= 4 is 61.2 Å². The van der Waals surface area contributed by atoms with Crippen LogP contribution >= 0.6 is 11.6 Å². The van der Waals surface area contributed by atoms with E-state index in [1.54, 1.807) is 42.4 Å². The zero-order valence-corrected chi connectivity index (χ0v) is 38.7. The van der Waals surface area contributed by atoms with Crippen molar-refractivity contribution in [3.63, 3.8) is 0 Å². The number of anilines is 2. The van der Waals surface area contributed by atoms with Crippen LogP contribution in [0.4, 0.5) is 17.1 Å². The van der Waals surface area contributed by atoms with E-state index in [-0.39, 0.29) is 46.9 Å². The molecule has 16 nitrogen and oxygen atoms in total. The normalized spacial score (nSPS) is 22.1. The van der Waals surface area contributed by atoms with Gasteiger partial charge in [-0.05, 0) is 78.6 Å². The topological polar surface area (TPSA) is 176 Å². The fraction of sp³-hybridized carbons (Fsp3) is 0.417. The number of likely N-dealkylation sites (tertiary alicyclic amines) is 1. The highest BCUT2D eigenvalue weighted by Gasteiger charge is 2.42. The molecule has 6 heterocycles. The number of nitro benzene ring substituents is 1. The molecule has 346 valence electrons. The van der Waals surface area contributed by atoms with Crippen molar-refractivity contribution in [2.24, 2.45) is 5.41 Å². The smallest absolute Gasteiger partial charge is 0.297 e. The summed E-state index contributed by atoms with van der Waals surface area (Å²) in [7, 11) is -2.91. The number of hydrogen-bond donors (Lipinski definition) is 2. The van der Waals surface area contributed by atoms with Gasteiger partial charge in [0.25, 0.3) is 21.6 Å². The second kappa shape index (κ2) is 17.5. The minimum Gasteiger partial charge on any atom is -0.489 e. The molecule has 3 atom stereocenters. The number of amides is 1. The number of likely N-dealkylation sites (N-methyl/N-ethyl adjacent to an activating group) is 1. The molecule has 66 heavy (non-hydrogen) atoms. The van der Waals surface area contributed by atoms with E-state index in [0.29, 0.717) is 43.7 Å². The molecular formula is C48H53ClN8O8S. The summed E-state index contributed by atoms with van der Waals surface area (Å²) >= 11 is 6.25. The Bertz CT molecular complexity index is 2840. The SMILES string of the molecule is CN1c2c(cc(S(=O)(=O)NC(=O)c3ccc(N4CCN(CC5=C(c6ccc(Cl)cc6)CC(C)(C)CC5)CC4)cc3Oc3cnc4[nH]ccc4c3)cc2[N+](=O)[O-])OC[C@H]1CN1C[C@@H]2C[C@H]1CO2. The van der Waals surface area contributed by atoms with E-state index in [9.17, 15) is 23.3 Å². The van der Waals surface area contributed by atoms with E-state index in [1.807, 2.05) is 18.2 Å². The average Bonchev–Trinajstić information content (AvgIpc) is 4.06. The lowest BCUT2D eigenvalue weighted by Gasteiger charge is -2.39. The third-order valence-electron chi connectivity index (χ3n) is 13.9. The van der Waals surface area contributed by atoms with Crippen LogP contribution in [0.5, 0.6) is 17.2 Å². The van der Waals surface area contributed by atoms with Gasteiger partial charge in [-0.2, -0.15) is 0 Å². The van der Waals surface area contributed by atoms with E-state index in [2.05, 4.69) is 55.4 Å². The molecule has 2 N–H and O–H groups in total. The maximum Gasteiger partial charge on any atom is 0.297 e. The van der Waals surface area contributed by atoms with Crippen molar-refractivity contribution in [2.75, 3.05) is 75.9 Å². The number of nitro groups is 1. The Hall–Kier alpha value is -5.72. The maximum atomic E-state index is 14.1. The quantitative estimate of drug-likeness (QED) is 0.0931. The van der Waals surface area contributed by atoms with Gasteiger partial charge in [-0.25, -0.2) is 18.1 Å². The van der Waals surface area contributed by atoms with Crippen molar-refractivity contribution in [1.82, 2.24) is 24.5 Å². The van der Waals surface area contributed by atoms with Gasteiger partial charge in [0, 0.05) is 99.4 Å². The molecule has 0 spiro atoms. The summed E-state index contributed by atoms with van der Waals surface area (Å²) in [4.78, 5) is 41.9. The number of aromatic amines is 1. The van der Waals surface area contributed by atoms with Crippen LogP contribution in [0.1, 0.15) is 55.5 Å². The first-order chi connectivity index (χ1) is 31.7. The molecule has 5 aliphatic rings. The Morgan fingerprint density at radius 1 is 1.06 bits per heavy atom. The number of hydrogen-bond acceptors (Lipinski definition) is 13. The van der Waals surface area contributed by atoms with Crippen LogP contribution in [0.2, 0.25) is 5.02 Å². The van der Waals surface area contributed by atoms with Gasteiger partial charge >= 0.3 is 0 Å². The second-order valence-corrected chi connectivity index (χ2v) is 21.0. The molecule has 0 radical (unpaired) electrons. The molecular weight excluding hydrogens is 884 g/mol. The molecule has 5 aromatic rings. The van der Waals surface area contributed by atoms with Crippen molar-refractivity contribution in [1.29, 1.82) is 0 Å². The fourth-order valence-corrected chi connectivity index (χ4v) is 11.3. The molecule has 18 heteroatoms. The van der Waals surface area contributed by atoms with Gasteiger partial charge in [-0.1, -0.05) is 43.2 Å². The number of morpholine rings is 1. The number of ether oxygens (including phenoxy) is 3. The maximum absolute atomic E-state index is 14.1. The number of allylic oxidation sites excluding steroid dienone is 1. The number of halogens is 1. The first kappa shape index (κ1) is 44.1. The minimum atomic E-state index is -4.67. The van der Waals surface area contributed by atoms with Gasteiger partial charge in [0.1, 0.15) is 23.8 Å². The highest BCUT2D eigenvalue weighted by atomic mass is 35.5. The summed E-state index contributed by atoms with van der Waals surface area (Å²) < 4.78 is 48.4. The van der Waals surface area contributed by atoms with E-state index in [1.165, 1.54) is 29.0 Å². The van der Waals surface area contributed by atoms with Crippen LogP contribution in [0.25, 0.3) is 16.6 Å². The van der Waals surface area contributed by atoms with E-state index in [0.717, 1.165) is 74.0 Å². The summed E-state index contributed by atoms with van der Waals surface area (Å²) in [5, 5.41) is 14.0. The molecule has 4 aliphatic heterocycles. The number of benzene rings is 3. The minimum absolute atomic E-state index is 0.0459. The number of nitrogens with zero attached hydrogens (tertiary/aromatic N) is 6. The molecule has 3 aromatic carbocycles. The number of pyridine rings is 1. The lowest BCUT2D eigenvalue weighted by molar-refractivity contribution is -0.384. The number of aromatic nitrogens is 2. The number of fused-ring (bicyclic) bond motifs is 4. The summed E-state index contributed by atoms with van der Waals surface area (Å²) in [6.45, 7) is 10.9. The highest BCUT2D eigenvalue weighted by molar-refractivity contribution is 7.90. The summed E-state index contributed by atoms with van der Waals surface area (Å²) in [5.41, 5.74) is 5.46. The van der Waals surface area contributed by atoms with Crippen LogP contribution in [0.3, 0.4) is 0 Å². The highest BCUT2D eigenvalue weighted by Crippen LogP contribution is 2.45. The third kappa shape index (κ3) is 8.94. The molecule has 10 rings (SSSR count). The predicted molar refractivity (Wildman–Crippen MR) is 252 cm³/mol. The number of sulfonamides is 1. The second-order valence-electron chi connectivity index (χ2n) is 18.9. The molecule has 3 fully saturated rings. The molecule has 0 unspecified atom stereocenters. The van der Waals surface area contributed by atoms with Gasteiger partial charge in [0.05, 0.1) is 40.3 Å². The Morgan fingerprint density at radius 2 is 1.86 bits per heavy atom. The zero-order chi connectivity index (χ0) is 45.9. The van der Waals surface area contributed by atoms with Crippen molar-refractivity contribution in [3.8, 4) is 17.2 Å². The summed E-state index contributed by atoms with van der Waals surface area (Å²) in [6, 6.07) is 19.2. The van der Waals surface area contributed by atoms with Crippen LogP contribution in [0, 0.1) is 15.5 Å². The van der Waals surface area contributed by atoms with Gasteiger partial charge in [0.2, 0.25) is 0 Å². The number of nitrogens with one attached hydrogen (secondary N) is 2. The number of carbonyl (C=O) groups is 1. The Kier molecular flexibility index (Phi) is 11.7. The first-order valence-corrected chi connectivity index (χ1v) is 24.3. The molecule has 2 aromatic heterocycles. The van der Waals surface area contributed by atoms with Crippen LogP contribution < -0.4 is 24.0 Å². The largest absolute Gasteiger partial charge is 0.489 e. The van der Waals surface area contributed by atoms with E-state index in [4.69, 9.17) is 25.8 Å². The monoisotopic (exact) mass is 936 g/mol. The van der Waals surface area contributed by atoms with Crippen LogP contribution in [-0.2, 0) is 14.8 Å². The third-order valence-corrected chi connectivity index (χ3v) is 15.5. The van der Waals surface area contributed by atoms with Crippen LogP contribution in [0.15, 0.2) is 89.6 Å². The molecule has 3 saturated heterocycles. The van der Waals surface area contributed by atoms with Gasteiger partial charge in [-0.3, -0.25) is 24.7 Å². The number of H-pyrrole nitrogens is 1. The van der Waals surface area contributed by atoms with Gasteiger partial charge in [0.15, 0.2) is 11.4 Å². The fourth-order valence-electron chi connectivity index (χ4n) is 10.2. The Labute approximate surface area is 388 Å². The lowest BCUT2D eigenvalue weighted by atomic mass is 9.72. The van der Waals surface area contributed by atoms with Gasteiger partial charge < -0.3 is 29.0 Å². The lowest BCUT2D eigenvalue weighted by Crippen LogP contribution is -2.51. The molecule has 1 aliphatic carbocycles. The van der Waals surface area contributed by atoms with E-state index < -0.39 is 31.4 Å². The molecule has 1 amide bonds. The summed E-state index contributed by atoms with van der Waals surface area (Å²) in [5.74, 6) is -0.464. The average molecular weight is 938 g/mol.